The van der Waals surface area contributed by atoms with Gasteiger partial charge < -0.3 is 15.4 Å². The largest absolute Gasteiger partial charge is 0.481 e. The van der Waals surface area contributed by atoms with Crippen LogP contribution in [-0.2, 0) is 26.0 Å². The maximum Gasteiger partial charge on any atom is 0.310 e. The van der Waals surface area contributed by atoms with E-state index in [-0.39, 0.29) is 21.9 Å². The van der Waals surface area contributed by atoms with Gasteiger partial charge in [0.1, 0.15) is 0 Å². The summed E-state index contributed by atoms with van der Waals surface area (Å²) in [6, 6.07) is 12.6. The Kier molecular flexibility index (Phi) is 5.76. The van der Waals surface area contributed by atoms with Gasteiger partial charge in [-0.2, -0.15) is 0 Å². The summed E-state index contributed by atoms with van der Waals surface area (Å²) in [5.41, 5.74) is 3.26. The number of sulfonamides is 1. The van der Waals surface area contributed by atoms with Crippen molar-refractivity contribution in [2.75, 3.05) is 10.0 Å². The molecule has 4 N–H and O–H groups in total. The van der Waals surface area contributed by atoms with Gasteiger partial charge in [0.05, 0.1) is 16.4 Å². The number of aromatic amines is 1. The number of hydrogen-bond donors (Lipinski definition) is 4. The van der Waals surface area contributed by atoms with Crippen LogP contribution in [0.1, 0.15) is 58.6 Å². The summed E-state index contributed by atoms with van der Waals surface area (Å²) in [5.74, 6) is -2.58. The second-order valence-electron chi connectivity index (χ2n) is 8.83. The molecule has 2 aromatic carbocycles. The van der Waals surface area contributed by atoms with E-state index >= 15 is 0 Å². The zero-order valence-electron chi connectivity index (χ0n) is 19.3. The smallest absolute Gasteiger partial charge is 0.310 e. The number of carbonyl (C=O) groups excluding carboxylic acids is 2. The van der Waals surface area contributed by atoms with E-state index in [0.29, 0.717) is 53.0 Å². The predicted octanol–water partition coefficient (Wildman–Crippen LogP) is 4.02. The summed E-state index contributed by atoms with van der Waals surface area (Å²) >= 11 is 0. The number of carboxylic acid groups (broad SMARTS) is 1. The molecule has 36 heavy (non-hydrogen) atoms. The third kappa shape index (κ3) is 4.09. The number of carboxylic acids is 1. The predicted molar refractivity (Wildman–Crippen MR) is 134 cm³/mol. The number of Topliss-reactive ketones (excluding diaryl/α,β-unsaturated/α-hetero) is 1. The number of benzene rings is 2. The Morgan fingerprint density at radius 1 is 1.11 bits per heavy atom. The molecular weight excluding hydrogens is 482 g/mol. The van der Waals surface area contributed by atoms with E-state index in [4.69, 9.17) is 0 Å². The molecule has 2 aliphatic rings. The average molecular weight is 506 g/mol. The molecule has 1 aliphatic heterocycles. The molecule has 1 amide bonds. The fourth-order valence-electron chi connectivity index (χ4n) is 4.69. The Hall–Kier alpha value is -4.18. The van der Waals surface area contributed by atoms with Crippen LogP contribution >= 0.6 is 0 Å². The molecule has 0 spiro atoms. The molecule has 0 fully saturated rings. The summed E-state index contributed by atoms with van der Waals surface area (Å²) < 4.78 is 28.1. The molecular formula is C26H23N3O6S. The lowest BCUT2D eigenvalue weighted by atomic mass is 9.87. The van der Waals surface area contributed by atoms with Gasteiger partial charge in [-0.1, -0.05) is 18.2 Å². The van der Waals surface area contributed by atoms with Gasteiger partial charge in [0.25, 0.3) is 15.9 Å². The number of aliphatic carboxylic acids is 1. The SMILES string of the molecule is CC(C(=O)O)c1c(/C=C2\C(=O)Nc3ccc(NS(=O)(=O)c4ccccc4)cc32)[nH]c2c1C(=O)CCC2. The Morgan fingerprint density at radius 2 is 1.86 bits per heavy atom. The van der Waals surface area contributed by atoms with Crippen molar-refractivity contribution in [3.05, 3.63) is 76.6 Å². The van der Waals surface area contributed by atoms with Crippen LogP contribution in [0.3, 0.4) is 0 Å². The van der Waals surface area contributed by atoms with Gasteiger partial charge in [0.2, 0.25) is 0 Å². The standard InChI is InChI=1S/C26H23N3O6S/c1-14(26(32)33)23-21(27-20-8-5-9-22(30)24(20)23)13-18-17-12-15(10-11-19(17)28-25(18)31)29-36(34,35)16-6-3-2-4-7-16/h2-4,6-7,10-14,27,29H,5,8-9H2,1H3,(H,28,31)(H,32,33)/b18-13-. The van der Waals surface area contributed by atoms with E-state index in [1.165, 1.54) is 25.1 Å². The van der Waals surface area contributed by atoms with E-state index in [1.54, 1.807) is 36.4 Å². The highest BCUT2D eigenvalue weighted by atomic mass is 32.2. The van der Waals surface area contributed by atoms with Crippen LogP contribution in [0.5, 0.6) is 0 Å². The van der Waals surface area contributed by atoms with Crippen molar-refractivity contribution in [1.29, 1.82) is 0 Å². The summed E-state index contributed by atoms with van der Waals surface area (Å²) in [7, 11) is -3.84. The number of nitrogens with one attached hydrogen (secondary N) is 3. The van der Waals surface area contributed by atoms with Gasteiger partial charge in [-0.05, 0) is 56.2 Å². The molecule has 9 nitrogen and oxygen atoms in total. The molecule has 10 heteroatoms. The minimum Gasteiger partial charge on any atom is -0.481 e. The Bertz CT molecular complexity index is 1550. The molecule has 184 valence electrons. The minimum atomic E-state index is -3.84. The van der Waals surface area contributed by atoms with E-state index in [9.17, 15) is 27.9 Å². The lowest BCUT2D eigenvalue weighted by molar-refractivity contribution is -0.138. The highest BCUT2D eigenvalue weighted by Crippen LogP contribution is 2.39. The van der Waals surface area contributed by atoms with E-state index in [2.05, 4.69) is 15.0 Å². The fraction of sp³-hybridized carbons (Fsp3) is 0.192. The fourth-order valence-corrected chi connectivity index (χ4v) is 5.76. The first-order chi connectivity index (χ1) is 17.2. The summed E-state index contributed by atoms with van der Waals surface area (Å²) in [5, 5.41) is 12.4. The normalized spacial score (nSPS) is 16.9. The van der Waals surface area contributed by atoms with Crippen molar-refractivity contribution in [3.8, 4) is 0 Å². The molecule has 0 saturated carbocycles. The van der Waals surface area contributed by atoms with Crippen LogP contribution in [0.15, 0.2) is 53.4 Å². The van der Waals surface area contributed by atoms with Crippen LogP contribution in [-0.4, -0.2) is 36.2 Å². The molecule has 3 aromatic rings. The zero-order chi connectivity index (χ0) is 25.6. The van der Waals surface area contributed by atoms with E-state index in [1.807, 2.05) is 0 Å². The number of H-pyrrole nitrogens is 1. The molecule has 1 aromatic heterocycles. The topological polar surface area (TPSA) is 145 Å². The molecule has 2 heterocycles. The van der Waals surface area contributed by atoms with Crippen molar-refractivity contribution in [1.82, 2.24) is 4.98 Å². The quantitative estimate of drug-likeness (QED) is 0.372. The Balaban J connectivity index is 1.58. The first kappa shape index (κ1) is 23.6. The number of ketones is 1. The first-order valence-electron chi connectivity index (χ1n) is 11.4. The molecule has 1 unspecified atom stereocenters. The average Bonchev–Trinajstić information content (AvgIpc) is 3.37. The van der Waals surface area contributed by atoms with Crippen molar-refractivity contribution in [2.45, 2.75) is 37.0 Å². The number of rotatable bonds is 6. The number of amides is 1. The van der Waals surface area contributed by atoms with Gasteiger partial charge in [-0.3, -0.25) is 19.1 Å². The number of aryl methyl sites for hydroxylation is 1. The van der Waals surface area contributed by atoms with Crippen molar-refractivity contribution >= 4 is 50.7 Å². The molecule has 1 atom stereocenters. The Labute approximate surface area is 207 Å². The zero-order valence-corrected chi connectivity index (χ0v) is 20.1. The van der Waals surface area contributed by atoms with Crippen LogP contribution < -0.4 is 10.0 Å². The summed E-state index contributed by atoms with van der Waals surface area (Å²) in [6.07, 6.45) is 3.15. The Morgan fingerprint density at radius 3 is 2.58 bits per heavy atom. The lowest BCUT2D eigenvalue weighted by Gasteiger charge is -2.14. The summed E-state index contributed by atoms with van der Waals surface area (Å²) in [4.78, 5) is 40.6. The third-order valence-electron chi connectivity index (χ3n) is 6.46. The van der Waals surface area contributed by atoms with E-state index < -0.39 is 27.8 Å². The van der Waals surface area contributed by atoms with Crippen LogP contribution in [0.4, 0.5) is 11.4 Å². The highest BCUT2D eigenvalue weighted by Gasteiger charge is 2.32. The van der Waals surface area contributed by atoms with Crippen LogP contribution in [0, 0.1) is 0 Å². The number of carbonyl (C=O) groups is 3. The monoisotopic (exact) mass is 505 g/mol. The first-order valence-corrected chi connectivity index (χ1v) is 12.9. The number of aromatic nitrogens is 1. The third-order valence-corrected chi connectivity index (χ3v) is 7.85. The second-order valence-corrected chi connectivity index (χ2v) is 10.5. The van der Waals surface area contributed by atoms with Crippen molar-refractivity contribution in [3.63, 3.8) is 0 Å². The van der Waals surface area contributed by atoms with Gasteiger partial charge in [-0.15, -0.1) is 0 Å². The molecule has 0 bridgehead atoms. The molecule has 5 rings (SSSR count). The number of anilines is 2. The minimum absolute atomic E-state index is 0.101. The molecule has 0 radical (unpaired) electrons. The second kappa shape index (κ2) is 8.80. The van der Waals surface area contributed by atoms with Gasteiger partial charge in [0, 0.05) is 45.9 Å². The van der Waals surface area contributed by atoms with Crippen LogP contribution in [0.2, 0.25) is 0 Å². The summed E-state index contributed by atoms with van der Waals surface area (Å²) in [6.45, 7) is 1.51. The lowest BCUT2D eigenvalue weighted by Crippen LogP contribution is -2.15. The van der Waals surface area contributed by atoms with Crippen molar-refractivity contribution < 1.29 is 27.9 Å². The van der Waals surface area contributed by atoms with Crippen molar-refractivity contribution in [2.24, 2.45) is 0 Å². The van der Waals surface area contributed by atoms with Gasteiger partial charge in [0.15, 0.2) is 5.78 Å². The van der Waals surface area contributed by atoms with E-state index in [0.717, 1.165) is 0 Å². The molecule has 0 saturated heterocycles. The maximum absolute atomic E-state index is 12.9. The number of hydrogen-bond acceptors (Lipinski definition) is 5. The van der Waals surface area contributed by atoms with Gasteiger partial charge in [-0.25, -0.2) is 8.42 Å². The molecule has 1 aliphatic carbocycles. The maximum atomic E-state index is 12.9. The van der Waals surface area contributed by atoms with Gasteiger partial charge >= 0.3 is 5.97 Å². The number of fused-ring (bicyclic) bond motifs is 2. The highest BCUT2D eigenvalue weighted by molar-refractivity contribution is 7.92. The van der Waals surface area contributed by atoms with Crippen LogP contribution in [0.25, 0.3) is 11.6 Å².